The van der Waals surface area contributed by atoms with E-state index in [1.54, 1.807) is 6.20 Å². The molecular weight excluding hydrogens is 228 g/mol. The molecule has 0 bridgehead atoms. The number of hydrogen-bond acceptors (Lipinski definition) is 5. The number of likely N-dealkylation sites (N-methyl/N-ethyl adjacent to an activating group) is 2. The van der Waals surface area contributed by atoms with E-state index >= 15 is 0 Å². The average molecular weight is 250 g/mol. The third-order valence-corrected chi connectivity index (χ3v) is 3.51. The summed E-state index contributed by atoms with van der Waals surface area (Å²) in [6.07, 6.45) is 1.83. The molecule has 2 heterocycles. The van der Waals surface area contributed by atoms with Crippen molar-refractivity contribution in [2.75, 3.05) is 39.0 Å². The number of nitrogens with zero attached hydrogens (tertiary/aromatic N) is 2. The smallest absolute Gasteiger partial charge is 0.128 e. The maximum absolute atomic E-state index is 5.95. The van der Waals surface area contributed by atoms with Crippen molar-refractivity contribution in [3.63, 3.8) is 0 Å². The fourth-order valence-corrected chi connectivity index (χ4v) is 2.46. The average Bonchev–Trinajstić information content (AvgIpc) is 2.42. The van der Waals surface area contributed by atoms with Crippen LogP contribution in [-0.2, 0) is 4.74 Å². The van der Waals surface area contributed by atoms with Crippen LogP contribution in [0.1, 0.15) is 18.5 Å². The second kappa shape index (κ2) is 6.13. The van der Waals surface area contributed by atoms with E-state index in [1.165, 1.54) is 0 Å². The third-order valence-electron chi connectivity index (χ3n) is 3.51. The highest BCUT2D eigenvalue weighted by Gasteiger charge is 2.29. The minimum absolute atomic E-state index is 0.0908. The molecule has 0 saturated carbocycles. The number of anilines is 1. The van der Waals surface area contributed by atoms with Crippen molar-refractivity contribution in [1.29, 1.82) is 0 Å². The van der Waals surface area contributed by atoms with Gasteiger partial charge in [0.25, 0.3) is 0 Å². The predicted molar refractivity (Wildman–Crippen MR) is 72.3 cm³/mol. The van der Waals surface area contributed by atoms with Crippen LogP contribution in [0.4, 0.5) is 5.82 Å². The highest BCUT2D eigenvalue weighted by atomic mass is 16.5. The Bertz CT molecular complexity index is 385. The fourth-order valence-electron chi connectivity index (χ4n) is 2.46. The largest absolute Gasteiger partial charge is 0.383 e. The number of aromatic nitrogens is 1. The van der Waals surface area contributed by atoms with Crippen molar-refractivity contribution in [1.82, 2.24) is 15.2 Å². The quantitative estimate of drug-likeness (QED) is 0.821. The molecule has 5 heteroatoms. The zero-order chi connectivity index (χ0) is 13.0. The molecule has 3 N–H and O–H groups in total. The third kappa shape index (κ3) is 2.80. The summed E-state index contributed by atoms with van der Waals surface area (Å²) in [6.45, 7) is 5.94. The number of nitrogens with two attached hydrogens (primary N) is 1. The minimum atomic E-state index is 0.0908. The Kier molecular flexibility index (Phi) is 4.52. The first-order valence-corrected chi connectivity index (χ1v) is 6.47. The van der Waals surface area contributed by atoms with Gasteiger partial charge in [0.2, 0.25) is 0 Å². The number of hydrogen-bond donors (Lipinski definition) is 2. The number of nitrogens with one attached hydrogen (secondary N) is 1. The molecule has 0 aromatic carbocycles. The highest BCUT2D eigenvalue weighted by molar-refractivity contribution is 5.41. The molecule has 0 spiro atoms. The van der Waals surface area contributed by atoms with Crippen molar-refractivity contribution in [2.24, 2.45) is 0 Å². The Morgan fingerprint density at radius 1 is 1.67 bits per heavy atom. The highest BCUT2D eigenvalue weighted by Crippen LogP contribution is 2.25. The first kappa shape index (κ1) is 13.3. The summed E-state index contributed by atoms with van der Waals surface area (Å²) < 4.78 is 5.88. The number of nitrogen functional groups attached to an aromatic ring is 1. The molecule has 2 rings (SSSR count). The van der Waals surface area contributed by atoms with Crippen LogP contribution in [0.15, 0.2) is 18.3 Å². The van der Waals surface area contributed by atoms with Crippen LogP contribution < -0.4 is 11.1 Å². The van der Waals surface area contributed by atoms with Crippen LogP contribution >= 0.6 is 0 Å². The van der Waals surface area contributed by atoms with Gasteiger partial charge in [-0.25, -0.2) is 4.98 Å². The molecule has 2 unspecified atom stereocenters. The van der Waals surface area contributed by atoms with Crippen LogP contribution in [-0.4, -0.2) is 49.3 Å². The van der Waals surface area contributed by atoms with Crippen molar-refractivity contribution in [3.8, 4) is 0 Å². The van der Waals surface area contributed by atoms with Crippen LogP contribution in [0.3, 0.4) is 0 Å². The molecule has 0 amide bonds. The monoisotopic (exact) mass is 250 g/mol. The second-order valence-electron chi connectivity index (χ2n) is 4.55. The van der Waals surface area contributed by atoms with Gasteiger partial charge in [0.15, 0.2) is 0 Å². The number of pyridine rings is 1. The molecule has 1 fully saturated rings. The standard InChI is InChI=1S/C13H22N4O/c1-3-17-7-8-18-11(9-17)12(15-2)10-5-4-6-16-13(10)14/h4-6,11-12,15H,3,7-9H2,1-2H3,(H2,14,16). The van der Waals surface area contributed by atoms with E-state index < -0.39 is 0 Å². The van der Waals surface area contributed by atoms with Gasteiger partial charge in [0, 0.05) is 24.8 Å². The van der Waals surface area contributed by atoms with Gasteiger partial charge >= 0.3 is 0 Å². The van der Waals surface area contributed by atoms with E-state index in [0.717, 1.165) is 31.8 Å². The lowest BCUT2D eigenvalue weighted by Crippen LogP contribution is -2.47. The SMILES string of the molecule is CCN1CCOC(C(NC)c2cccnc2N)C1. The molecule has 100 valence electrons. The van der Waals surface area contributed by atoms with Crippen molar-refractivity contribution in [2.45, 2.75) is 19.1 Å². The van der Waals surface area contributed by atoms with E-state index in [2.05, 4.69) is 22.1 Å². The van der Waals surface area contributed by atoms with Crippen molar-refractivity contribution in [3.05, 3.63) is 23.9 Å². The molecule has 5 nitrogen and oxygen atoms in total. The summed E-state index contributed by atoms with van der Waals surface area (Å²) in [5, 5.41) is 3.30. The second-order valence-corrected chi connectivity index (χ2v) is 4.55. The zero-order valence-corrected chi connectivity index (χ0v) is 11.1. The summed E-state index contributed by atoms with van der Waals surface area (Å²) in [4.78, 5) is 6.54. The molecule has 2 atom stereocenters. The van der Waals surface area contributed by atoms with E-state index in [4.69, 9.17) is 10.5 Å². The Morgan fingerprint density at radius 2 is 2.50 bits per heavy atom. The van der Waals surface area contributed by atoms with Gasteiger partial charge in [-0.05, 0) is 19.7 Å². The number of rotatable bonds is 4. The predicted octanol–water partition coefficient (Wildman–Crippen LogP) is 0.645. The Hall–Kier alpha value is -1.17. The summed E-state index contributed by atoms with van der Waals surface area (Å²) in [7, 11) is 1.94. The summed E-state index contributed by atoms with van der Waals surface area (Å²) >= 11 is 0. The fraction of sp³-hybridized carbons (Fsp3) is 0.615. The van der Waals surface area contributed by atoms with Gasteiger partial charge in [0.1, 0.15) is 5.82 Å². The molecule has 18 heavy (non-hydrogen) atoms. The van der Waals surface area contributed by atoms with E-state index in [0.29, 0.717) is 5.82 Å². The van der Waals surface area contributed by atoms with Gasteiger partial charge in [-0.15, -0.1) is 0 Å². The van der Waals surface area contributed by atoms with Crippen LogP contribution in [0.2, 0.25) is 0 Å². The van der Waals surface area contributed by atoms with Crippen molar-refractivity contribution >= 4 is 5.82 Å². The molecular formula is C13H22N4O. The minimum Gasteiger partial charge on any atom is -0.383 e. The van der Waals surface area contributed by atoms with Crippen LogP contribution in [0.25, 0.3) is 0 Å². The lowest BCUT2D eigenvalue weighted by Gasteiger charge is -2.36. The first-order valence-electron chi connectivity index (χ1n) is 6.47. The number of ether oxygens (including phenoxy) is 1. The Morgan fingerprint density at radius 3 is 3.17 bits per heavy atom. The van der Waals surface area contributed by atoms with Gasteiger partial charge in [0.05, 0.1) is 18.8 Å². The summed E-state index contributed by atoms with van der Waals surface area (Å²) in [6, 6.07) is 4.02. The van der Waals surface area contributed by atoms with Crippen molar-refractivity contribution < 1.29 is 4.74 Å². The molecule has 0 radical (unpaired) electrons. The molecule has 1 aliphatic rings. The lowest BCUT2D eigenvalue weighted by atomic mass is 10.0. The summed E-state index contributed by atoms with van der Waals surface area (Å²) in [5.41, 5.74) is 6.97. The van der Waals surface area contributed by atoms with E-state index in [-0.39, 0.29) is 12.1 Å². The van der Waals surface area contributed by atoms with Gasteiger partial charge in [-0.3, -0.25) is 4.90 Å². The Labute approximate surface area is 108 Å². The van der Waals surface area contributed by atoms with Gasteiger partial charge in [-0.1, -0.05) is 13.0 Å². The molecule has 1 saturated heterocycles. The maximum Gasteiger partial charge on any atom is 0.128 e. The zero-order valence-electron chi connectivity index (χ0n) is 11.1. The summed E-state index contributed by atoms with van der Waals surface area (Å²) in [5.74, 6) is 0.578. The molecule has 1 aliphatic heterocycles. The number of morpholine rings is 1. The maximum atomic E-state index is 5.95. The topological polar surface area (TPSA) is 63.4 Å². The van der Waals surface area contributed by atoms with Gasteiger partial charge < -0.3 is 15.8 Å². The Balaban J connectivity index is 2.15. The molecule has 1 aromatic heterocycles. The van der Waals surface area contributed by atoms with Gasteiger partial charge in [-0.2, -0.15) is 0 Å². The van der Waals surface area contributed by atoms with E-state index in [9.17, 15) is 0 Å². The normalized spacial score (nSPS) is 22.9. The lowest BCUT2D eigenvalue weighted by molar-refractivity contribution is -0.0443. The molecule has 0 aliphatic carbocycles. The molecule has 1 aromatic rings. The van der Waals surface area contributed by atoms with E-state index in [1.807, 2.05) is 19.2 Å². The van der Waals surface area contributed by atoms with Crippen LogP contribution in [0, 0.1) is 0 Å². The first-order chi connectivity index (χ1) is 8.76. The van der Waals surface area contributed by atoms with Crippen LogP contribution in [0.5, 0.6) is 0 Å².